The fourth-order valence-corrected chi connectivity index (χ4v) is 0.888. The van der Waals surface area contributed by atoms with Gasteiger partial charge < -0.3 is 15.0 Å². The van der Waals surface area contributed by atoms with Crippen LogP contribution in [0, 0.1) is 0 Å². The van der Waals surface area contributed by atoms with Crippen molar-refractivity contribution < 1.29 is 9.26 Å². The Hall–Kier alpha value is -0.940. The van der Waals surface area contributed by atoms with E-state index in [1.165, 1.54) is 0 Å². The van der Waals surface area contributed by atoms with E-state index in [4.69, 9.17) is 15.0 Å². The Morgan fingerprint density at radius 3 is 3.00 bits per heavy atom. The molecule has 0 bridgehead atoms. The smallest absolute Gasteiger partial charge is 0.243 e. The van der Waals surface area contributed by atoms with Crippen LogP contribution in [0.15, 0.2) is 4.52 Å². The highest BCUT2D eigenvalue weighted by atomic mass is 16.5. The predicted molar refractivity (Wildman–Crippen MR) is 47.1 cm³/mol. The molecule has 1 atom stereocenters. The first-order chi connectivity index (χ1) is 6.27. The number of hydrogen-bond acceptors (Lipinski definition) is 5. The summed E-state index contributed by atoms with van der Waals surface area (Å²) >= 11 is 0. The molecular formula is C8H15N3O2. The lowest BCUT2D eigenvalue weighted by atomic mass is 10.2. The molecule has 0 fully saturated rings. The van der Waals surface area contributed by atoms with Crippen LogP contribution >= 0.6 is 0 Å². The third kappa shape index (κ3) is 2.78. The van der Waals surface area contributed by atoms with Gasteiger partial charge in [-0.2, -0.15) is 4.98 Å². The predicted octanol–water partition coefficient (Wildman–Crippen LogP) is 0.668. The van der Waals surface area contributed by atoms with Gasteiger partial charge in [0.25, 0.3) is 0 Å². The van der Waals surface area contributed by atoms with Gasteiger partial charge in [0.15, 0.2) is 5.82 Å². The quantitative estimate of drug-likeness (QED) is 0.729. The number of rotatable bonds is 5. The fourth-order valence-electron chi connectivity index (χ4n) is 0.888. The lowest BCUT2D eigenvalue weighted by Gasteiger charge is -1.98. The molecule has 5 heteroatoms. The monoisotopic (exact) mass is 185 g/mol. The molecule has 0 amide bonds. The van der Waals surface area contributed by atoms with Crippen LogP contribution in [0.3, 0.4) is 0 Å². The van der Waals surface area contributed by atoms with Gasteiger partial charge in [0.1, 0.15) is 0 Å². The first-order valence-corrected chi connectivity index (χ1v) is 4.35. The minimum absolute atomic E-state index is 0.149. The van der Waals surface area contributed by atoms with Gasteiger partial charge in [0.05, 0.1) is 12.6 Å². The summed E-state index contributed by atoms with van der Waals surface area (Å²) in [5, 5.41) is 3.78. The van der Waals surface area contributed by atoms with E-state index < -0.39 is 0 Å². The largest absolute Gasteiger partial charge is 0.384 e. The zero-order valence-electron chi connectivity index (χ0n) is 7.99. The maximum atomic E-state index is 5.71. The van der Waals surface area contributed by atoms with E-state index in [2.05, 4.69) is 10.1 Å². The Morgan fingerprint density at radius 2 is 2.38 bits per heavy atom. The second-order valence-electron chi connectivity index (χ2n) is 2.81. The van der Waals surface area contributed by atoms with Crippen LogP contribution in [0.1, 0.15) is 31.1 Å². The molecule has 0 saturated heterocycles. The second-order valence-corrected chi connectivity index (χ2v) is 2.81. The van der Waals surface area contributed by atoms with Gasteiger partial charge in [-0.3, -0.25) is 0 Å². The first kappa shape index (κ1) is 10.1. The van der Waals surface area contributed by atoms with Crippen molar-refractivity contribution in [2.45, 2.75) is 25.8 Å². The maximum Gasteiger partial charge on any atom is 0.243 e. The van der Waals surface area contributed by atoms with E-state index in [-0.39, 0.29) is 6.04 Å². The van der Waals surface area contributed by atoms with E-state index in [1.807, 2.05) is 6.92 Å². The van der Waals surface area contributed by atoms with Crippen molar-refractivity contribution in [3.8, 4) is 0 Å². The van der Waals surface area contributed by atoms with Crippen LogP contribution in [-0.2, 0) is 11.2 Å². The van der Waals surface area contributed by atoms with Crippen LogP contribution in [-0.4, -0.2) is 23.9 Å². The average Bonchev–Trinajstić information content (AvgIpc) is 2.62. The summed E-state index contributed by atoms with van der Waals surface area (Å²) in [6.07, 6.45) is 1.46. The summed E-state index contributed by atoms with van der Waals surface area (Å²) < 4.78 is 9.86. The van der Waals surface area contributed by atoms with E-state index in [1.54, 1.807) is 7.11 Å². The molecule has 2 N–H and O–H groups in total. The molecule has 13 heavy (non-hydrogen) atoms. The standard InChI is InChI=1S/C8H15N3O2/c1-3-6(9)8-10-7(11-13-8)4-5-12-2/h6H,3-5,9H2,1-2H3. The van der Waals surface area contributed by atoms with Crippen molar-refractivity contribution in [2.24, 2.45) is 5.73 Å². The zero-order chi connectivity index (χ0) is 9.68. The Balaban J connectivity index is 2.53. The summed E-state index contributed by atoms with van der Waals surface area (Å²) in [7, 11) is 1.64. The molecular weight excluding hydrogens is 170 g/mol. The fraction of sp³-hybridized carbons (Fsp3) is 0.750. The highest BCUT2D eigenvalue weighted by Crippen LogP contribution is 2.10. The number of ether oxygens (including phenoxy) is 1. The minimum Gasteiger partial charge on any atom is -0.384 e. The Morgan fingerprint density at radius 1 is 1.62 bits per heavy atom. The van der Waals surface area contributed by atoms with Crippen molar-refractivity contribution in [3.63, 3.8) is 0 Å². The van der Waals surface area contributed by atoms with Crippen LogP contribution in [0.4, 0.5) is 0 Å². The molecule has 5 nitrogen and oxygen atoms in total. The Bertz CT molecular complexity index is 249. The lowest BCUT2D eigenvalue weighted by Crippen LogP contribution is -2.09. The van der Waals surface area contributed by atoms with Gasteiger partial charge >= 0.3 is 0 Å². The molecule has 0 aliphatic carbocycles. The molecule has 0 saturated carbocycles. The zero-order valence-corrected chi connectivity index (χ0v) is 7.99. The minimum atomic E-state index is -0.149. The average molecular weight is 185 g/mol. The number of hydrogen-bond donors (Lipinski definition) is 1. The van der Waals surface area contributed by atoms with E-state index >= 15 is 0 Å². The van der Waals surface area contributed by atoms with E-state index in [9.17, 15) is 0 Å². The Kier molecular flexibility index (Phi) is 3.85. The molecule has 1 heterocycles. The number of nitrogens with two attached hydrogens (primary N) is 1. The maximum absolute atomic E-state index is 5.71. The molecule has 74 valence electrons. The van der Waals surface area contributed by atoms with Gasteiger partial charge in [0, 0.05) is 13.5 Å². The van der Waals surface area contributed by atoms with Crippen LogP contribution in [0.5, 0.6) is 0 Å². The van der Waals surface area contributed by atoms with E-state index in [0.29, 0.717) is 24.7 Å². The molecule has 1 aromatic rings. The molecule has 1 rings (SSSR count). The van der Waals surface area contributed by atoms with Gasteiger partial charge in [0.2, 0.25) is 5.89 Å². The van der Waals surface area contributed by atoms with Crippen molar-refractivity contribution in [3.05, 3.63) is 11.7 Å². The second kappa shape index (κ2) is 4.94. The van der Waals surface area contributed by atoms with Crippen molar-refractivity contribution >= 4 is 0 Å². The van der Waals surface area contributed by atoms with Gasteiger partial charge in [-0.15, -0.1) is 0 Å². The lowest BCUT2D eigenvalue weighted by molar-refractivity contribution is 0.199. The highest BCUT2D eigenvalue weighted by Gasteiger charge is 2.11. The van der Waals surface area contributed by atoms with Crippen molar-refractivity contribution in [1.29, 1.82) is 0 Å². The third-order valence-electron chi connectivity index (χ3n) is 1.77. The third-order valence-corrected chi connectivity index (χ3v) is 1.77. The van der Waals surface area contributed by atoms with E-state index in [0.717, 1.165) is 6.42 Å². The SMILES string of the molecule is CCC(N)c1nc(CCOC)no1. The summed E-state index contributed by atoms with van der Waals surface area (Å²) in [5.41, 5.74) is 5.71. The van der Waals surface area contributed by atoms with Crippen molar-refractivity contribution in [2.75, 3.05) is 13.7 Å². The van der Waals surface area contributed by atoms with Gasteiger partial charge in [-0.25, -0.2) is 0 Å². The molecule has 0 spiro atoms. The van der Waals surface area contributed by atoms with Gasteiger partial charge in [-0.1, -0.05) is 12.1 Å². The highest BCUT2D eigenvalue weighted by molar-refractivity contribution is 4.91. The number of methoxy groups -OCH3 is 1. The first-order valence-electron chi connectivity index (χ1n) is 4.35. The topological polar surface area (TPSA) is 74.2 Å². The van der Waals surface area contributed by atoms with Crippen LogP contribution < -0.4 is 5.73 Å². The Labute approximate surface area is 77.3 Å². The number of nitrogens with zero attached hydrogens (tertiary/aromatic N) is 2. The number of aromatic nitrogens is 2. The molecule has 1 unspecified atom stereocenters. The molecule has 0 aliphatic rings. The van der Waals surface area contributed by atoms with Crippen LogP contribution in [0.25, 0.3) is 0 Å². The summed E-state index contributed by atoms with van der Waals surface area (Å²) in [6, 6.07) is -0.149. The van der Waals surface area contributed by atoms with Crippen molar-refractivity contribution in [1.82, 2.24) is 10.1 Å². The van der Waals surface area contributed by atoms with Gasteiger partial charge in [-0.05, 0) is 6.42 Å². The normalized spacial score (nSPS) is 13.2. The molecule has 0 radical (unpaired) electrons. The summed E-state index contributed by atoms with van der Waals surface area (Å²) in [6.45, 7) is 2.57. The molecule has 0 aromatic carbocycles. The molecule has 1 aromatic heterocycles. The molecule has 0 aliphatic heterocycles. The summed E-state index contributed by atoms with van der Waals surface area (Å²) in [4.78, 5) is 4.14. The van der Waals surface area contributed by atoms with Crippen LogP contribution in [0.2, 0.25) is 0 Å². The summed E-state index contributed by atoms with van der Waals surface area (Å²) in [5.74, 6) is 1.16.